The molecule has 0 saturated carbocycles. The third-order valence-electron chi connectivity index (χ3n) is 3.03. The van der Waals surface area contributed by atoms with E-state index in [4.69, 9.17) is 4.74 Å². The lowest BCUT2D eigenvalue weighted by molar-refractivity contribution is -0.384. The van der Waals surface area contributed by atoms with Crippen LogP contribution < -0.4 is 15.4 Å². The molecule has 1 unspecified atom stereocenters. The molecule has 2 amide bonds. The second-order valence-corrected chi connectivity index (χ2v) is 4.65. The molecule has 1 aliphatic heterocycles. The fourth-order valence-corrected chi connectivity index (χ4v) is 1.96. The highest BCUT2D eigenvalue weighted by atomic mass is 16.6. The Kier molecular flexibility index (Phi) is 4.70. The molecular formula is C13H15N3O5. The molecule has 0 bridgehead atoms. The van der Waals surface area contributed by atoms with Crippen molar-refractivity contribution in [3.05, 3.63) is 34.4 Å². The first-order chi connectivity index (χ1) is 10.0. The molecule has 0 aromatic heterocycles. The summed E-state index contributed by atoms with van der Waals surface area (Å²) >= 11 is 0. The summed E-state index contributed by atoms with van der Waals surface area (Å²) in [5.41, 5.74) is -0.0945. The van der Waals surface area contributed by atoms with Crippen molar-refractivity contribution in [1.82, 2.24) is 10.6 Å². The van der Waals surface area contributed by atoms with Gasteiger partial charge in [0.05, 0.1) is 11.0 Å². The minimum absolute atomic E-state index is 0.0201. The van der Waals surface area contributed by atoms with Crippen molar-refractivity contribution in [1.29, 1.82) is 0 Å². The highest BCUT2D eigenvalue weighted by molar-refractivity contribution is 5.79. The van der Waals surface area contributed by atoms with Crippen LogP contribution >= 0.6 is 0 Å². The second-order valence-electron chi connectivity index (χ2n) is 4.65. The van der Waals surface area contributed by atoms with Gasteiger partial charge in [-0.15, -0.1) is 0 Å². The number of nitro benzene ring substituents is 1. The number of carbonyl (C=O) groups excluding carboxylic acids is 2. The van der Waals surface area contributed by atoms with E-state index in [0.29, 0.717) is 19.4 Å². The molecule has 8 nitrogen and oxygen atoms in total. The Bertz CT molecular complexity index is 550. The third-order valence-corrected chi connectivity index (χ3v) is 3.03. The Labute approximate surface area is 120 Å². The van der Waals surface area contributed by atoms with Crippen molar-refractivity contribution in [3.63, 3.8) is 0 Å². The van der Waals surface area contributed by atoms with Gasteiger partial charge in [-0.05, 0) is 12.5 Å². The van der Waals surface area contributed by atoms with Crippen LogP contribution in [0.1, 0.15) is 12.8 Å². The van der Waals surface area contributed by atoms with E-state index in [-0.39, 0.29) is 35.9 Å². The SMILES string of the molecule is O=C1CCC(NC(=O)COc2cccc([N+](=O)[O-])c2)CN1. The Morgan fingerprint density at radius 3 is 3.00 bits per heavy atom. The van der Waals surface area contributed by atoms with E-state index in [9.17, 15) is 19.7 Å². The highest BCUT2D eigenvalue weighted by Crippen LogP contribution is 2.18. The predicted octanol–water partition coefficient (Wildman–Crippen LogP) is 0.368. The summed E-state index contributed by atoms with van der Waals surface area (Å²) in [6.45, 7) is 0.174. The third kappa shape index (κ3) is 4.44. The van der Waals surface area contributed by atoms with Gasteiger partial charge in [0, 0.05) is 25.1 Å². The summed E-state index contributed by atoms with van der Waals surface area (Å²) in [5, 5.41) is 16.0. The van der Waals surface area contributed by atoms with Crippen molar-refractivity contribution in [2.75, 3.05) is 13.2 Å². The Hall–Kier alpha value is -2.64. The number of amides is 2. The zero-order valence-electron chi connectivity index (χ0n) is 11.2. The molecule has 1 atom stereocenters. The first-order valence-corrected chi connectivity index (χ1v) is 6.48. The smallest absolute Gasteiger partial charge is 0.273 e. The van der Waals surface area contributed by atoms with Gasteiger partial charge in [-0.25, -0.2) is 0 Å². The standard InChI is InChI=1S/C13H15N3O5/c17-12-5-4-9(7-14-12)15-13(18)8-21-11-3-1-2-10(6-11)16(19)20/h1-3,6,9H,4-5,7-8H2,(H,14,17)(H,15,18). The molecule has 8 heteroatoms. The summed E-state index contributed by atoms with van der Waals surface area (Å²) in [5.74, 6) is -0.0905. The van der Waals surface area contributed by atoms with E-state index >= 15 is 0 Å². The van der Waals surface area contributed by atoms with Gasteiger partial charge in [-0.3, -0.25) is 19.7 Å². The fraction of sp³-hybridized carbons (Fsp3) is 0.385. The van der Waals surface area contributed by atoms with E-state index in [1.54, 1.807) is 6.07 Å². The summed E-state index contributed by atoms with van der Waals surface area (Å²) in [6, 6.07) is 5.53. The normalized spacial score (nSPS) is 17.7. The van der Waals surface area contributed by atoms with E-state index < -0.39 is 4.92 Å². The van der Waals surface area contributed by atoms with Crippen molar-refractivity contribution >= 4 is 17.5 Å². The van der Waals surface area contributed by atoms with Gasteiger partial charge in [0.1, 0.15) is 5.75 Å². The lowest BCUT2D eigenvalue weighted by Crippen LogP contribution is -2.48. The molecule has 1 aliphatic rings. The lowest BCUT2D eigenvalue weighted by Gasteiger charge is -2.23. The van der Waals surface area contributed by atoms with E-state index in [1.807, 2.05) is 0 Å². The number of nitrogens with zero attached hydrogens (tertiary/aromatic N) is 1. The van der Waals surface area contributed by atoms with Gasteiger partial charge >= 0.3 is 0 Å². The molecule has 1 aromatic rings. The number of benzene rings is 1. The van der Waals surface area contributed by atoms with Crippen molar-refractivity contribution in [2.45, 2.75) is 18.9 Å². The van der Waals surface area contributed by atoms with Crippen LogP contribution in [-0.4, -0.2) is 35.9 Å². The van der Waals surface area contributed by atoms with Crippen LogP contribution in [0, 0.1) is 10.1 Å². The lowest BCUT2D eigenvalue weighted by atomic mass is 10.1. The van der Waals surface area contributed by atoms with Gasteiger partial charge in [0.25, 0.3) is 11.6 Å². The molecule has 1 aromatic carbocycles. The van der Waals surface area contributed by atoms with Crippen LogP contribution in [0.2, 0.25) is 0 Å². The Morgan fingerprint density at radius 2 is 2.33 bits per heavy atom. The molecule has 2 rings (SSSR count). The number of nitro groups is 1. The van der Waals surface area contributed by atoms with Crippen LogP contribution in [0.3, 0.4) is 0 Å². The number of hydrogen-bond acceptors (Lipinski definition) is 5. The maximum absolute atomic E-state index is 11.7. The molecule has 1 heterocycles. The average molecular weight is 293 g/mol. The van der Waals surface area contributed by atoms with Gasteiger partial charge in [0.2, 0.25) is 5.91 Å². The van der Waals surface area contributed by atoms with Gasteiger partial charge in [-0.1, -0.05) is 6.07 Å². The number of ether oxygens (including phenoxy) is 1. The van der Waals surface area contributed by atoms with Crippen molar-refractivity contribution in [3.8, 4) is 5.75 Å². The summed E-state index contributed by atoms with van der Waals surface area (Å²) in [7, 11) is 0. The Balaban J connectivity index is 1.80. The maximum atomic E-state index is 11.7. The zero-order valence-corrected chi connectivity index (χ0v) is 11.2. The summed E-state index contributed by atoms with van der Waals surface area (Å²) in [4.78, 5) is 32.8. The average Bonchev–Trinajstić information content (AvgIpc) is 2.48. The van der Waals surface area contributed by atoms with Crippen molar-refractivity contribution < 1.29 is 19.2 Å². The monoisotopic (exact) mass is 293 g/mol. The Morgan fingerprint density at radius 1 is 1.52 bits per heavy atom. The van der Waals surface area contributed by atoms with Crippen LogP contribution in [0.4, 0.5) is 5.69 Å². The quantitative estimate of drug-likeness (QED) is 0.602. The van der Waals surface area contributed by atoms with Crippen LogP contribution in [0.25, 0.3) is 0 Å². The highest BCUT2D eigenvalue weighted by Gasteiger charge is 2.19. The number of piperidine rings is 1. The van der Waals surface area contributed by atoms with E-state index in [1.165, 1.54) is 18.2 Å². The molecular weight excluding hydrogens is 278 g/mol. The summed E-state index contributed by atoms with van der Waals surface area (Å²) in [6.07, 6.45) is 0.977. The second kappa shape index (κ2) is 6.69. The van der Waals surface area contributed by atoms with E-state index in [2.05, 4.69) is 10.6 Å². The van der Waals surface area contributed by atoms with Crippen LogP contribution in [0.15, 0.2) is 24.3 Å². The predicted molar refractivity (Wildman–Crippen MR) is 72.8 cm³/mol. The summed E-state index contributed by atoms with van der Waals surface area (Å²) < 4.78 is 5.22. The number of rotatable bonds is 5. The molecule has 0 spiro atoms. The maximum Gasteiger partial charge on any atom is 0.273 e. The van der Waals surface area contributed by atoms with E-state index in [0.717, 1.165) is 0 Å². The number of hydrogen-bond donors (Lipinski definition) is 2. The zero-order chi connectivity index (χ0) is 15.2. The van der Waals surface area contributed by atoms with Crippen LogP contribution in [-0.2, 0) is 9.59 Å². The molecule has 112 valence electrons. The van der Waals surface area contributed by atoms with Crippen molar-refractivity contribution in [2.24, 2.45) is 0 Å². The van der Waals surface area contributed by atoms with Gasteiger partial charge in [-0.2, -0.15) is 0 Å². The molecule has 1 saturated heterocycles. The first kappa shape index (κ1) is 14.8. The molecule has 1 fully saturated rings. The largest absolute Gasteiger partial charge is 0.484 e. The number of carbonyl (C=O) groups is 2. The molecule has 0 radical (unpaired) electrons. The molecule has 0 aliphatic carbocycles. The van der Waals surface area contributed by atoms with Gasteiger partial charge in [0.15, 0.2) is 6.61 Å². The minimum Gasteiger partial charge on any atom is -0.484 e. The topological polar surface area (TPSA) is 111 Å². The van der Waals surface area contributed by atoms with Gasteiger partial charge < -0.3 is 15.4 Å². The number of nitrogens with one attached hydrogen (secondary N) is 2. The minimum atomic E-state index is -0.530. The van der Waals surface area contributed by atoms with Crippen LogP contribution in [0.5, 0.6) is 5.75 Å². The molecule has 21 heavy (non-hydrogen) atoms. The fourth-order valence-electron chi connectivity index (χ4n) is 1.96. The first-order valence-electron chi connectivity index (χ1n) is 6.48. The number of non-ortho nitro benzene ring substituents is 1. The molecule has 2 N–H and O–H groups in total.